The molecule has 122 valence electrons. The fourth-order valence-electron chi connectivity index (χ4n) is 2.61. The van der Waals surface area contributed by atoms with Gasteiger partial charge in [-0.15, -0.1) is 0 Å². The van der Waals surface area contributed by atoms with E-state index >= 15 is 0 Å². The second-order valence-corrected chi connectivity index (χ2v) is 5.73. The molecule has 4 heteroatoms. The van der Waals surface area contributed by atoms with E-state index in [0.717, 1.165) is 16.3 Å². The molecule has 3 aromatic carbocycles. The summed E-state index contributed by atoms with van der Waals surface area (Å²) in [6.45, 7) is 0.0953. The summed E-state index contributed by atoms with van der Waals surface area (Å²) in [5.41, 5.74) is 1.49. The Kier molecular flexibility index (Phi) is 4.87. The van der Waals surface area contributed by atoms with E-state index in [-0.39, 0.29) is 24.7 Å². The van der Waals surface area contributed by atoms with E-state index in [4.69, 9.17) is 0 Å². The smallest absolute Gasteiger partial charge is 0.224 e. The zero-order chi connectivity index (χ0) is 16.9. The van der Waals surface area contributed by atoms with Crippen LogP contribution in [0.2, 0.25) is 0 Å². The van der Waals surface area contributed by atoms with Crippen molar-refractivity contribution in [2.75, 3.05) is 6.54 Å². The van der Waals surface area contributed by atoms with Crippen molar-refractivity contribution < 1.29 is 14.3 Å². The van der Waals surface area contributed by atoms with Crippen molar-refractivity contribution in [1.82, 2.24) is 5.32 Å². The van der Waals surface area contributed by atoms with Crippen LogP contribution in [-0.4, -0.2) is 17.6 Å². The Morgan fingerprint density at radius 3 is 2.46 bits per heavy atom. The van der Waals surface area contributed by atoms with Crippen LogP contribution in [0.4, 0.5) is 4.39 Å². The van der Waals surface area contributed by atoms with E-state index in [1.165, 1.54) is 24.3 Å². The highest BCUT2D eigenvalue weighted by atomic mass is 19.1. The number of hydrogen-bond donors (Lipinski definition) is 2. The Balaban J connectivity index is 1.57. The van der Waals surface area contributed by atoms with Crippen molar-refractivity contribution >= 4 is 16.7 Å². The first-order valence-electron chi connectivity index (χ1n) is 7.80. The third-order valence-electron chi connectivity index (χ3n) is 3.93. The third-order valence-corrected chi connectivity index (χ3v) is 3.93. The van der Waals surface area contributed by atoms with Crippen LogP contribution in [-0.2, 0) is 11.2 Å². The van der Waals surface area contributed by atoms with Crippen molar-refractivity contribution in [2.24, 2.45) is 0 Å². The van der Waals surface area contributed by atoms with Crippen molar-refractivity contribution in [3.8, 4) is 0 Å². The van der Waals surface area contributed by atoms with Gasteiger partial charge in [-0.2, -0.15) is 0 Å². The Hall–Kier alpha value is -2.72. The highest BCUT2D eigenvalue weighted by Crippen LogP contribution is 2.16. The first-order valence-corrected chi connectivity index (χ1v) is 7.80. The van der Waals surface area contributed by atoms with Crippen LogP contribution in [0.25, 0.3) is 10.8 Å². The quantitative estimate of drug-likeness (QED) is 0.756. The number of fused-ring (bicyclic) bond motifs is 1. The van der Waals surface area contributed by atoms with Crippen LogP contribution >= 0.6 is 0 Å². The molecule has 0 aliphatic carbocycles. The zero-order valence-electron chi connectivity index (χ0n) is 13.1. The minimum Gasteiger partial charge on any atom is -0.387 e. The fourth-order valence-corrected chi connectivity index (χ4v) is 2.61. The molecule has 0 aromatic heterocycles. The second kappa shape index (κ2) is 7.23. The van der Waals surface area contributed by atoms with Crippen molar-refractivity contribution in [1.29, 1.82) is 0 Å². The number of rotatable bonds is 5. The highest BCUT2D eigenvalue weighted by molar-refractivity contribution is 5.85. The molecule has 0 aliphatic heterocycles. The summed E-state index contributed by atoms with van der Waals surface area (Å²) in [6, 6.07) is 19.5. The molecule has 0 saturated heterocycles. The van der Waals surface area contributed by atoms with Crippen molar-refractivity contribution in [3.05, 3.63) is 83.7 Å². The Morgan fingerprint density at radius 1 is 1.00 bits per heavy atom. The molecular weight excluding hydrogens is 305 g/mol. The molecule has 2 N–H and O–H groups in total. The lowest BCUT2D eigenvalue weighted by atomic mass is 10.0. The number of nitrogens with one attached hydrogen (secondary N) is 1. The summed E-state index contributed by atoms with van der Waals surface area (Å²) < 4.78 is 12.9. The van der Waals surface area contributed by atoms with Gasteiger partial charge in [0.05, 0.1) is 12.5 Å². The van der Waals surface area contributed by atoms with Crippen LogP contribution < -0.4 is 5.32 Å². The van der Waals surface area contributed by atoms with Gasteiger partial charge in [0, 0.05) is 6.54 Å². The predicted molar refractivity (Wildman–Crippen MR) is 92.0 cm³/mol. The summed E-state index contributed by atoms with van der Waals surface area (Å²) >= 11 is 0. The monoisotopic (exact) mass is 323 g/mol. The lowest BCUT2D eigenvalue weighted by Crippen LogP contribution is -2.29. The highest BCUT2D eigenvalue weighted by Gasteiger charge is 2.10. The van der Waals surface area contributed by atoms with Crippen LogP contribution in [0, 0.1) is 5.82 Å². The molecule has 3 rings (SSSR count). The standard InChI is InChI=1S/C20H18FNO2/c21-18-9-7-16(8-10-18)19(23)13-22-20(24)12-14-5-6-15-3-1-2-4-17(15)11-14/h1-11,19,23H,12-13H2,(H,22,24). The summed E-state index contributed by atoms with van der Waals surface area (Å²) in [4.78, 5) is 12.1. The molecule has 24 heavy (non-hydrogen) atoms. The van der Waals surface area contributed by atoms with Gasteiger partial charge in [-0.3, -0.25) is 4.79 Å². The molecule has 0 bridgehead atoms. The van der Waals surface area contributed by atoms with E-state index in [2.05, 4.69) is 5.32 Å². The van der Waals surface area contributed by atoms with Crippen molar-refractivity contribution in [2.45, 2.75) is 12.5 Å². The molecule has 0 aliphatic rings. The first-order chi connectivity index (χ1) is 11.6. The lowest BCUT2D eigenvalue weighted by molar-refractivity contribution is -0.120. The van der Waals surface area contributed by atoms with Crippen LogP contribution in [0.5, 0.6) is 0 Å². The maximum atomic E-state index is 12.9. The molecule has 0 fully saturated rings. The summed E-state index contributed by atoms with van der Waals surface area (Å²) in [6.07, 6.45) is -0.604. The number of carbonyl (C=O) groups is 1. The average molecular weight is 323 g/mol. The van der Waals surface area contributed by atoms with Gasteiger partial charge in [-0.1, -0.05) is 54.6 Å². The van der Waals surface area contributed by atoms with E-state index < -0.39 is 6.10 Å². The Labute approximate surface area is 139 Å². The second-order valence-electron chi connectivity index (χ2n) is 5.73. The molecule has 0 radical (unpaired) electrons. The predicted octanol–water partition coefficient (Wildman–Crippen LogP) is 3.37. The number of halogens is 1. The van der Waals surface area contributed by atoms with E-state index in [1.54, 1.807) is 0 Å². The topological polar surface area (TPSA) is 49.3 Å². The minimum absolute atomic E-state index is 0.0953. The molecule has 3 aromatic rings. The molecule has 1 amide bonds. The van der Waals surface area contributed by atoms with E-state index in [0.29, 0.717) is 5.56 Å². The van der Waals surface area contributed by atoms with Gasteiger partial charge in [0.15, 0.2) is 0 Å². The molecule has 0 saturated carbocycles. The van der Waals surface area contributed by atoms with Gasteiger partial charge in [0.25, 0.3) is 0 Å². The number of carbonyl (C=O) groups excluding carboxylic acids is 1. The molecular formula is C20H18FNO2. The van der Waals surface area contributed by atoms with Crippen molar-refractivity contribution in [3.63, 3.8) is 0 Å². The van der Waals surface area contributed by atoms with Crippen LogP contribution in [0.15, 0.2) is 66.7 Å². The number of benzene rings is 3. The maximum absolute atomic E-state index is 12.9. The van der Waals surface area contributed by atoms with Crippen LogP contribution in [0.3, 0.4) is 0 Å². The fraction of sp³-hybridized carbons (Fsp3) is 0.150. The van der Waals surface area contributed by atoms with Gasteiger partial charge in [0.2, 0.25) is 5.91 Å². The van der Waals surface area contributed by atoms with Gasteiger partial charge in [0.1, 0.15) is 5.82 Å². The number of aliphatic hydroxyl groups is 1. The zero-order valence-corrected chi connectivity index (χ0v) is 13.1. The maximum Gasteiger partial charge on any atom is 0.224 e. The summed E-state index contributed by atoms with van der Waals surface area (Å²) in [5, 5.41) is 15.0. The van der Waals surface area contributed by atoms with Gasteiger partial charge in [-0.25, -0.2) is 4.39 Å². The number of hydrogen-bond acceptors (Lipinski definition) is 2. The number of amides is 1. The molecule has 0 heterocycles. The van der Waals surface area contributed by atoms with Gasteiger partial charge < -0.3 is 10.4 Å². The normalized spacial score (nSPS) is 12.1. The summed E-state index contributed by atoms with van der Waals surface area (Å²) in [5.74, 6) is -0.516. The van der Waals surface area contributed by atoms with E-state index in [1.807, 2.05) is 42.5 Å². The number of aliphatic hydroxyl groups excluding tert-OH is 1. The Bertz CT molecular complexity index is 846. The van der Waals surface area contributed by atoms with E-state index in [9.17, 15) is 14.3 Å². The summed E-state index contributed by atoms with van der Waals surface area (Å²) in [7, 11) is 0. The largest absolute Gasteiger partial charge is 0.387 e. The molecule has 1 unspecified atom stereocenters. The molecule has 0 spiro atoms. The van der Waals surface area contributed by atoms with Gasteiger partial charge >= 0.3 is 0 Å². The molecule has 3 nitrogen and oxygen atoms in total. The molecule has 1 atom stereocenters. The average Bonchev–Trinajstić information content (AvgIpc) is 2.60. The van der Waals surface area contributed by atoms with Gasteiger partial charge in [-0.05, 0) is 34.0 Å². The SMILES string of the molecule is O=C(Cc1ccc2ccccc2c1)NCC(O)c1ccc(F)cc1. The minimum atomic E-state index is -0.855. The third kappa shape index (κ3) is 3.97. The van der Waals surface area contributed by atoms with Crippen LogP contribution in [0.1, 0.15) is 17.2 Å². The Morgan fingerprint density at radius 2 is 1.71 bits per heavy atom. The first kappa shape index (κ1) is 16.1. The lowest BCUT2D eigenvalue weighted by Gasteiger charge is -2.12.